The molecule has 2 saturated heterocycles. The number of amidine groups is 1. The van der Waals surface area contributed by atoms with E-state index in [-0.39, 0.29) is 11.7 Å². The Morgan fingerprint density at radius 1 is 0.683 bits per heavy atom. The molecule has 344 valence electrons. The van der Waals surface area contributed by atoms with Gasteiger partial charge in [-0.1, -0.05) is 33.6 Å². The van der Waals surface area contributed by atoms with Crippen molar-refractivity contribution in [3.8, 4) is 0 Å². The average Bonchev–Trinajstić information content (AvgIpc) is 3.48. The van der Waals surface area contributed by atoms with Gasteiger partial charge in [0.05, 0.1) is 25.4 Å². The molecule has 29 nitrogen and oxygen atoms in total. The molecular formula is C25H45N5O24P6. The van der Waals surface area contributed by atoms with E-state index in [2.05, 4.69) is 56.3 Å². The van der Waals surface area contributed by atoms with E-state index in [1.807, 2.05) is 0 Å². The lowest BCUT2D eigenvalue weighted by molar-refractivity contribution is -0.0699. The van der Waals surface area contributed by atoms with Crippen LogP contribution in [0.2, 0.25) is 0 Å². The van der Waals surface area contributed by atoms with E-state index >= 15 is 0 Å². The molecule has 0 amide bonds. The highest BCUT2D eigenvalue weighted by Crippen LogP contribution is 2.67. The highest BCUT2D eigenvalue weighted by Gasteiger charge is 2.49. The molecule has 60 heavy (non-hydrogen) atoms. The van der Waals surface area contributed by atoms with Crippen LogP contribution < -0.4 is 11.1 Å². The van der Waals surface area contributed by atoms with Crippen LogP contribution in [-0.4, -0.2) is 115 Å². The van der Waals surface area contributed by atoms with Crippen LogP contribution in [0, 0.1) is 11.8 Å². The number of aliphatic hydroxyl groups excluding tert-OH is 2. The number of aliphatic hydroxyl groups is 2. The number of hydrogen-bond acceptors (Lipinski definition) is 21. The smallest absolute Gasteiger partial charge is 0.388 e. The zero-order valence-electron chi connectivity index (χ0n) is 31.6. The maximum absolute atomic E-state index is 11.8. The molecule has 0 radical (unpaired) electrons. The number of hydrogen-bond donors (Lipinski definition) is 12. The maximum Gasteiger partial charge on any atom is 0.490 e. The van der Waals surface area contributed by atoms with Crippen LogP contribution in [0.5, 0.6) is 0 Å². The van der Waals surface area contributed by atoms with Gasteiger partial charge in [0.15, 0.2) is 12.5 Å². The number of rotatable bonds is 16. The predicted octanol–water partition coefficient (Wildman–Crippen LogP) is 0.945. The second-order valence-electron chi connectivity index (χ2n) is 13.0. The Morgan fingerprint density at radius 3 is 1.47 bits per heavy atom. The van der Waals surface area contributed by atoms with Crippen LogP contribution in [0.1, 0.15) is 27.7 Å². The topological polar surface area (TPSA) is 435 Å². The molecule has 0 bridgehead atoms. The first-order chi connectivity index (χ1) is 27.0. The first-order valence-corrected chi connectivity index (χ1v) is 25.4. The van der Waals surface area contributed by atoms with Crippen LogP contribution in [0.3, 0.4) is 0 Å². The van der Waals surface area contributed by atoms with Gasteiger partial charge in [-0.05, 0) is 19.4 Å². The molecule has 4 heterocycles. The molecular weight excluding hydrogens is 940 g/mol. The molecule has 13 N–H and O–H groups in total. The number of nitrogens with zero attached hydrogens (tertiary/aromatic N) is 3. The van der Waals surface area contributed by atoms with Crippen molar-refractivity contribution in [2.45, 2.75) is 64.6 Å². The number of nitrogens with one attached hydrogen (secondary N) is 1. The molecule has 0 aliphatic carbocycles. The molecule has 2 fully saturated rings. The summed E-state index contributed by atoms with van der Waals surface area (Å²) in [4.78, 5) is 78.4. The summed E-state index contributed by atoms with van der Waals surface area (Å²) in [5.74, 6) is -0.472. The van der Waals surface area contributed by atoms with Crippen LogP contribution in [0.4, 0.5) is 0 Å². The number of ether oxygens (including phenoxy) is 2. The second kappa shape index (κ2) is 19.5. The van der Waals surface area contributed by atoms with E-state index in [1.54, 1.807) is 40.1 Å². The van der Waals surface area contributed by atoms with Gasteiger partial charge in [-0.3, -0.25) is 9.05 Å². The predicted molar refractivity (Wildman–Crippen MR) is 201 cm³/mol. The maximum atomic E-state index is 11.8. The van der Waals surface area contributed by atoms with E-state index in [4.69, 9.17) is 44.6 Å². The third-order valence-electron chi connectivity index (χ3n) is 8.35. The van der Waals surface area contributed by atoms with Crippen molar-refractivity contribution in [2.75, 3.05) is 13.2 Å². The summed E-state index contributed by atoms with van der Waals surface area (Å²) < 4.78 is 103. The van der Waals surface area contributed by atoms with Crippen molar-refractivity contribution in [1.82, 2.24) is 15.1 Å². The second-order valence-corrected chi connectivity index (χ2v) is 21.8. The summed E-state index contributed by atoms with van der Waals surface area (Å²) in [6.45, 7) is 16.5. The normalized spacial score (nSPS) is 31.7. The van der Waals surface area contributed by atoms with Gasteiger partial charge in [-0.2, -0.15) is 17.2 Å². The molecule has 12 atom stereocenters. The Kier molecular flexibility index (Phi) is 17.1. The Hall–Kier alpha value is -1.77. The number of allylic oxidation sites excluding steroid dienone is 1. The van der Waals surface area contributed by atoms with Gasteiger partial charge < -0.3 is 79.7 Å². The third-order valence-corrected chi connectivity index (χ3v) is 16.0. The van der Waals surface area contributed by atoms with Crippen LogP contribution in [-0.2, 0) is 63.2 Å². The standard InChI is InChI=1S/C13H23N2O12P3.C12H22N3O12P3/c1-7-5-15(10(4)14-9(7)3)13-12(16)8(2)11(25-13)6-24-29(20,21)27-30(22,23)26-28(17,18)19;1-6-4-15(8(3)14-11(6)13)12-10(16)7(2)9(25-12)5-24-29(20,21)27-30(22,23)26-28(17,18)19/h5,8,11-14,16H,3-4,6H2,1-2H3,(H,20,21)(H,22,23)(H2,17,18,19);4,7,9-10,12,16H,3,5H2,1-2H3,(H2,13,14)(H,20,21)(H,22,23)(H2,17,18,19)/t8-,11+,12?,13+;7-,9+,10?,12+/m00/s1. The van der Waals surface area contributed by atoms with E-state index < -0.39 is 109 Å². The Labute approximate surface area is 340 Å². The number of phosphoric acid groups is 6. The molecule has 0 spiro atoms. The first-order valence-electron chi connectivity index (χ1n) is 16.4. The van der Waals surface area contributed by atoms with Gasteiger partial charge in [-0.15, -0.1) is 0 Å². The van der Waals surface area contributed by atoms with Crippen molar-refractivity contribution in [1.29, 1.82) is 0 Å². The lowest BCUT2D eigenvalue weighted by Gasteiger charge is -2.35. The zero-order valence-corrected chi connectivity index (χ0v) is 37.0. The largest absolute Gasteiger partial charge is 0.490 e. The molecule has 0 aromatic carbocycles. The quantitative estimate of drug-likeness (QED) is 0.0958. The lowest BCUT2D eigenvalue weighted by Crippen LogP contribution is -2.44. The van der Waals surface area contributed by atoms with E-state index in [9.17, 15) is 47.4 Å². The van der Waals surface area contributed by atoms with Crippen molar-refractivity contribution in [2.24, 2.45) is 22.6 Å². The lowest BCUT2D eigenvalue weighted by atomic mass is 10.0. The van der Waals surface area contributed by atoms with E-state index in [1.165, 1.54) is 9.80 Å². The molecule has 4 aliphatic heterocycles. The highest BCUT2D eigenvalue weighted by molar-refractivity contribution is 7.67. The van der Waals surface area contributed by atoms with Gasteiger partial charge in [0.25, 0.3) is 0 Å². The van der Waals surface area contributed by atoms with Gasteiger partial charge in [-0.25, -0.2) is 32.4 Å². The SMILES string of the molecule is C=C1N=C(N)C(C)=CN1[C@@H]1O[C@H](COP(=O)(O)OP(=O)(O)OP(=O)(O)O)[C@H](C)C1O.C=C1NC(=C)N([C@@H]2O[C@H](COP(=O)(O)OP(=O)(O)OP(=O)(O)O)[C@H](C)C2O)C=C1C. The molecule has 0 aromatic rings. The van der Waals surface area contributed by atoms with Crippen LogP contribution >= 0.6 is 46.9 Å². The summed E-state index contributed by atoms with van der Waals surface area (Å²) >= 11 is 0. The minimum absolute atomic E-state index is 0.183. The molecule has 4 rings (SSSR count). The van der Waals surface area contributed by atoms with Gasteiger partial charge in [0, 0.05) is 35.5 Å². The Morgan fingerprint density at radius 2 is 1.07 bits per heavy atom. The number of nitrogens with two attached hydrogens (primary N) is 1. The number of aliphatic imine (C=N–C) groups is 1. The fourth-order valence-corrected chi connectivity index (χ4v) is 11.4. The fraction of sp³-hybridized carbons (Fsp3) is 0.560. The molecule has 0 saturated carbocycles. The van der Waals surface area contributed by atoms with E-state index in [0.717, 1.165) is 5.57 Å². The summed E-state index contributed by atoms with van der Waals surface area (Å²) in [6.07, 6.45) is -2.86. The summed E-state index contributed by atoms with van der Waals surface area (Å²) in [6, 6.07) is 0. The first kappa shape index (κ1) is 52.6. The van der Waals surface area contributed by atoms with Gasteiger partial charge >= 0.3 is 46.9 Å². The Bertz CT molecular complexity index is 2060. The zero-order chi connectivity index (χ0) is 46.1. The molecule has 6 unspecified atom stereocenters. The van der Waals surface area contributed by atoms with Crippen molar-refractivity contribution >= 4 is 52.8 Å². The van der Waals surface area contributed by atoms with Crippen molar-refractivity contribution < 1.29 is 113 Å². The summed E-state index contributed by atoms with van der Waals surface area (Å²) in [5.41, 5.74) is 7.65. The molecule has 35 heteroatoms. The van der Waals surface area contributed by atoms with E-state index in [0.29, 0.717) is 17.1 Å². The monoisotopic (exact) mass is 985 g/mol. The van der Waals surface area contributed by atoms with Crippen molar-refractivity contribution in [3.63, 3.8) is 0 Å². The molecule has 4 aliphatic rings. The summed E-state index contributed by atoms with van der Waals surface area (Å²) in [5, 5.41) is 23.9. The average molecular weight is 985 g/mol. The van der Waals surface area contributed by atoms with Crippen molar-refractivity contribution in [3.05, 3.63) is 60.6 Å². The highest BCUT2D eigenvalue weighted by atomic mass is 31.3. The third kappa shape index (κ3) is 15.2. The fourth-order valence-electron chi connectivity index (χ4n) is 5.29. The minimum Gasteiger partial charge on any atom is -0.388 e. The summed E-state index contributed by atoms with van der Waals surface area (Å²) in [7, 11) is -32.8. The van der Waals surface area contributed by atoms with Crippen LogP contribution in [0.25, 0.3) is 0 Å². The number of phosphoric ester groups is 2. The van der Waals surface area contributed by atoms with Gasteiger partial charge in [0.1, 0.15) is 29.7 Å². The Balaban J connectivity index is 0.000000320. The molecule has 0 aromatic heterocycles. The van der Waals surface area contributed by atoms with Crippen LogP contribution in [0.15, 0.2) is 65.6 Å². The minimum atomic E-state index is -5.62. The van der Waals surface area contributed by atoms with Gasteiger partial charge in [0.2, 0.25) is 0 Å².